The number of hydrogen-bond acceptors (Lipinski definition) is 5. The van der Waals surface area contributed by atoms with E-state index in [1.807, 2.05) is 19.1 Å². The summed E-state index contributed by atoms with van der Waals surface area (Å²) in [7, 11) is 0. The molecule has 1 aliphatic heterocycles. The van der Waals surface area contributed by atoms with Gasteiger partial charge in [-0.25, -0.2) is 4.98 Å². The number of aryl methyl sites for hydroxylation is 2. The molecule has 2 N–H and O–H groups in total. The van der Waals surface area contributed by atoms with Crippen molar-refractivity contribution in [3.63, 3.8) is 0 Å². The number of aromatic nitrogens is 1. The average Bonchev–Trinajstić information content (AvgIpc) is 2.75. The first kappa shape index (κ1) is 20.9. The maximum atomic E-state index is 13.1. The van der Waals surface area contributed by atoms with Crippen LogP contribution in [0.25, 0.3) is 0 Å². The van der Waals surface area contributed by atoms with Crippen molar-refractivity contribution >= 4 is 29.3 Å². The lowest BCUT2D eigenvalue weighted by Gasteiger charge is -2.21. The second-order valence-electron chi connectivity index (χ2n) is 7.51. The number of nitrogens with zero attached hydrogens (tertiary/aromatic N) is 1. The van der Waals surface area contributed by atoms with Gasteiger partial charge in [0.2, 0.25) is 0 Å². The molecule has 0 fully saturated rings. The van der Waals surface area contributed by atoms with Gasteiger partial charge in [-0.2, -0.15) is 0 Å². The number of ether oxygens (including phenoxy) is 1. The number of hydrogen-bond donors (Lipinski definition) is 2. The van der Waals surface area contributed by atoms with Gasteiger partial charge in [0.15, 0.2) is 6.61 Å². The fourth-order valence-corrected chi connectivity index (χ4v) is 4.34. The minimum Gasteiger partial charge on any atom is -0.482 e. The molecule has 3 aromatic rings. The number of amides is 2. The zero-order valence-electron chi connectivity index (χ0n) is 17.6. The molecule has 31 heavy (non-hydrogen) atoms. The number of benzene rings is 2. The Morgan fingerprint density at radius 2 is 2.03 bits per heavy atom. The van der Waals surface area contributed by atoms with Gasteiger partial charge in [0, 0.05) is 11.1 Å². The van der Waals surface area contributed by atoms with Crippen LogP contribution in [-0.2, 0) is 4.79 Å². The van der Waals surface area contributed by atoms with Gasteiger partial charge in [0.05, 0.1) is 17.3 Å². The van der Waals surface area contributed by atoms with E-state index in [9.17, 15) is 9.59 Å². The largest absolute Gasteiger partial charge is 0.482 e. The second-order valence-corrected chi connectivity index (χ2v) is 8.55. The molecule has 0 aliphatic carbocycles. The molecule has 2 amide bonds. The highest BCUT2D eigenvalue weighted by atomic mass is 32.2. The van der Waals surface area contributed by atoms with Gasteiger partial charge in [-0.3, -0.25) is 9.59 Å². The highest BCUT2D eigenvalue weighted by Gasteiger charge is 2.20. The predicted octanol–water partition coefficient (Wildman–Crippen LogP) is 4.67. The van der Waals surface area contributed by atoms with E-state index >= 15 is 0 Å². The normalized spacial score (nSPS) is 13.6. The Hall–Kier alpha value is -3.32. The van der Waals surface area contributed by atoms with Crippen LogP contribution in [0.3, 0.4) is 0 Å². The van der Waals surface area contributed by atoms with E-state index in [1.54, 1.807) is 24.4 Å². The SMILES string of the molecule is Cc1ccc(Sc2ncccc2C(=O)NC(C)c2ccc3c(c2)NC(=O)CO3)c(C)c1. The van der Waals surface area contributed by atoms with E-state index in [1.165, 1.54) is 17.3 Å². The first-order valence-electron chi connectivity index (χ1n) is 9.98. The van der Waals surface area contributed by atoms with Crippen LogP contribution in [0.4, 0.5) is 5.69 Å². The molecule has 1 atom stereocenters. The molecule has 4 rings (SSSR count). The molecule has 0 spiro atoms. The Morgan fingerprint density at radius 1 is 1.19 bits per heavy atom. The minimum absolute atomic E-state index is 0.0144. The van der Waals surface area contributed by atoms with E-state index in [2.05, 4.69) is 47.7 Å². The third-order valence-electron chi connectivity index (χ3n) is 5.04. The van der Waals surface area contributed by atoms with Crippen molar-refractivity contribution in [1.29, 1.82) is 0 Å². The molecule has 2 heterocycles. The quantitative estimate of drug-likeness (QED) is 0.611. The van der Waals surface area contributed by atoms with Gasteiger partial charge >= 0.3 is 0 Å². The van der Waals surface area contributed by atoms with Gasteiger partial charge in [0.25, 0.3) is 11.8 Å². The molecular weight excluding hydrogens is 410 g/mol. The summed E-state index contributed by atoms with van der Waals surface area (Å²) < 4.78 is 5.40. The number of fused-ring (bicyclic) bond motifs is 1. The summed E-state index contributed by atoms with van der Waals surface area (Å²) in [6.07, 6.45) is 1.69. The molecule has 1 aromatic heterocycles. The fraction of sp³-hybridized carbons (Fsp3) is 0.208. The highest BCUT2D eigenvalue weighted by molar-refractivity contribution is 7.99. The van der Waals surface area contributed by atoms with E-state index in [-0.39, 0.29) is 24.5 Å². The second kappa shape index (κ2) is 8.81. The summed E-state index contributed by atoms with van der Waals surface area (Å²) in [5.41, 5.74) is 4.34. The minimum atomic E-state index is -0.268. The van der Waals surface area contributed by atoms with E-state index in [0.29, 0.717) is 22.0 Å². The topological polar surface area (TPSA) is 80.3 Å². The van der Waals surface area contributed by atoms with E-state index in [4.69, 9.17) is 4.74 Å². The van der Waals surface area contributed by atoms with Crippen molar-refractivity contribution in [2.45, 2.75) is 36.7 Å². The Labute approximate surface area is 185 Å². The zero-order valence-corrected chi connectivity index (χ0v) is 18.4. The number of carbonyl (C=O) groups is 2. The van der Waals surface area contributed by atoms with Crippen molar-refractivity contribution in [2.24, 2.45) is 0 Å². The summed E-state index contributed by atoms with van der Waals surface area (Å²) >= 11 is 1.48. The lowest BCUT2D eigenvalue weighted by Crippen LogP contribution is -2.28. The summed E-state index contributed by atoms with van der Waals surface area (Å²) in [5, 5.41) is 6.49. The molecule has 2 aromatic carbocycles. The molecule has 0 saturated heterocycles. The van der Waals surface area contributed by atoms with Crippen LogP contribution in [-0.4, -0.2) is 23.4 Å². The van der Waals surface area contributed by atoms with Crippen molar-refractivity contribution in [2.75, 3.05) is 11.9 Å². The van der Waals surface area contributed by atoms with Crippen LogP contribution < -0.4 is 15.4 Å². The maximum absolute atomic E-state index is 13.1. The van der Waals surface area contributed by atoms with Crippen LogP contribution in [0.2, 0.25) is 0 Å². The van der Waals surface area contributed by atoms with Crippen molar-refractivity contribution in [1.82, 2.24) is 10.3 Å². The molecule has 0 radical (unpaired) electrons. The number of anilines is 1. The molecule has 158 valence electrons. The molecule has 0 saturated carbocycles. The lowest BCUT2D eigenvalue weighted by atomic mass is 10.1. The summed E-state index contributed by atoms with van der Waals surface area (Å²) in [6.45, 7) is 6.03. The summed E-state index contributed by atoms with van der Waals surface area (Å²) in [5.74, 6) is 0.233. The third kappa shape index (κ3) is 4.72. The Bertz CT molecular complexity index is 1160. The van der Waals surface area contributed by atoms with E-state index in [0.717, 1.165) is 16.0 Å². The smallest absolute Gasteiger partial charge is 0.262 e. The molecule has 1 unspecified atom stereocenters. The Balaban J connectivity index is 1.52. The number of nitrogens with one attached hydrogen (secondary N) is 2. The van der Waals surface area contributed by atoms with Crippen LogP contribution in [0.5, 0.6) is 5.75 Å². The number of pyridine rings is 1. The van der Waals surface area contributed by atoms with Crippen LogP contribution >= 0.6 is 11.8 Å². The first-order valence-corrected chi connectivity index (χ1v) is 10.8. The van der Waals surface area contributed by atoms with Gasteiger partial charge in [-0.05, 0) is 62.2 Å². The lowest BCUT2D eigenvalue weighted by molar-refractivity contribution is -0.118. The maximum Gasteiger partial charge on any atom is 0.262 e. The van der Waals surface area contributed by atoms with Gasteiger partial charge < -0.3 is 15.4 Å². The van der Waals surface area contributed by atoms with Gasteiger partial charge in [0.1, 0.15) is 10.8 Å². The zero-order chi connectivity index (χ0) is 22.0. The van der Waals surface area contributed by atoms with Crippen molar-refractivity contribution < 1.29 is 14.3 Å². The first-order chi connectivity index (χ1) is 14.9. The Morgan fingerprint density at radius 3 is 2.84 bits per heavy atom. The molecular formula is C24H23N3O3S. The van der Waals surface area contributed by atoms with Crippen LogP contribution in [0, 0.1) is 13.8 Å². The third-order valence-corrected chi connectivity index (χ3v) is 6.23. The number of rotatable bonds is 5. The molecule has 1 aliphatic rings. The van der Waals surface area contributed by atoms with E-state index < -0.39 is 0 Å². The highest BCUT2D eigenvalue weighted by Crippen LogP contribution is 2.33. The van der Waals surface area contributed by atoms with Gasteiger partial charge in [-0.15, -0.1) is 0 Å². The van der Waals surface area contributed by atoms with Crippen molar-refractivity contribution in [3.05, 3.63) is 77.0 Å². The molecule has 0 bridgehead atoms. The Kier molecular flexibility index (Phi) is 5.95. The summed E-state index contributed by atoms with van der Waals surface area (Å²) in [4.78, 5) is 30.2. The average molecular weight is 434 g/mol. The van der Waals surface area contributed by atoms with Crippen LogP contribution in [0.15, 0.2) is 64.6 Å². The van der Waals surface area contributed by atoms with Crippen LogP contribution in [0.1, 0.15) is 40.0 Å². The monoisotopic (exact) mass is 433 g/mol. The molecule has 6 nitrogen and oxygen atoms in total. The molecule has 7 heteroatoms. The number of carbonyl (C=O) groups excluding carboxylic acids is 2. The summed E-state index contributed by atoms with van der Waals surface area (Å²) in [6, 6.07) is 15.0. The fourth-order valence-electron chi connectivity index (χ4n) is 3.39. The van der Waals surface area contributed by atoms with Gasteiger partial charge in [-0.1, -0.05) is 35.5 Å². The van der Waals surface area contributed by atoms with Crippen molar-refractivity contribution in [3.8, 4) is 5.75 Å². The predicted molar refractivity (Wildman–Crippen MR) is 121 cm³/mol. The standard InChI is InChI=1S/C24H23N3O3S/c1-14-6-9-21(15(2)11-14)31-24-18(5-4-10-25-24)23(29)26-16(3)17-7-8-20-19(12-17)27-22(28)13-30-20/h4-12,16H,13H2,1-3H3,(H,26,29)(H,27,28).